The SMILES string of the molecule is CN(c1ccc(OC(C)(C)C(=O)O)cc1)c1cc2ccc(Cl)cc2c(Cl)n1. The Kier molecular flexibility index (Phi) is 5.18. The summed E-state index contributed by atoms with van der Waals surface area (Å²) in [5, 5.41) is 11.9. The number of nitrogens with zero attached hydrogens (tertiary/aromatic N) is 2. The molecule has 0 aliphatic heterocycles. The average Bonchev–Trinajstić information content (AvgIpc) is 2.62. The van der Waals surface area contributed by atoms with Gasteiger partial charge in [0.1, 0.15) is 16.7 Å². The van der Waals surface area contributed by atoms with Crippen LogP contribution in [-0.4, -0.2) is 28.7 Å². The fraction of sp³-hybridized carbons (Fsp3) is 0.200. The summed E-state index contributed by atoms with van der Waals surface area (Å²) in [4.78, 5) is 17.5. The van der Waals surface area contributed by atoms with E-state index in [1.165, 1.54) is 13.8 Å². The Morgan fingerprint density at radius 2 is 1.78 bits per heavy atom. The third-order valence-electron chi connectivity index (χ3n) is 4.19. The van der Waals surface area contributed by atoms with Gasteiger partial charge in [0.25, 0.3) is 0 Å². The second-order valence-corrected chi connectivity index (χ2v) is 7.40. The van der Waals surface area contributed by atoms with Gasteiger partial charge in [-0.25, -0.2) is 9.78 Å². The molecular formula is C20H18Cl2N2O3. The van der Waals surface area contributed by atoms with Crippen molar-refractivity contribution in [3.05, 3.63) is 58.7 Å². The molecule has 140 valence electrons. The van der Waals surface area contributed by atoms with Crippen molar-refractivity contribution in [3.8, 4) is 5.75 Å². The summed E-state index contributed by atoms with van der Waals surface area (Å²) in [7, 11) is 1.87. The molecule has 1 heterocycles. The fourth-order valence-corrected chi connectivity index (χ4v) is 2.97. The quantitative estimate of drug-likeness (QED) is 0.564. The van der Waals surface area contributed by atoms with Crippen LogP contribution in [0.2, 0.25) is 10.2 Å². The zero-order valence-electron chi connectivity index (χ0n) is 15.0. The van der Waals surface area contributed by atoms with E-state index in [2.05, 4.69) is 4.98 Å². The predicted octanol–water partition coefficient (Wildman–Crippen LogP) is 5.55. The number of carbonyl (C=O) groups is 1. The molecule has 7 heteroatoms. The minimum atomic E-state index is -1.30. The minimum Gasteiger partial charge on any atom is -0.478 e. The zero-order valence-corrected chi connectivity index (χ0v) is 16.5. The standard InChI is InChI=1S/C20H18Cl2N2O3/c1-20(2,19(25)26)27-15-8-6-14(7-9-15)24(3)17-10-12-4-5-13(21)11-16(12)18(22)23-17/h4-11H,1-3H3,(H,25,26). The Morgan fingerprint density at radius 1 is 1.11 bits per heavy atom. The summed E-state index contributed by atoms with van der Waals surface area (Å²) >= 11 is 12.3. The van der Waals surface area contributed by atoms with E-state index in [1.807, 2.05) is 36.2 Å². The Morgan fingerprint density at radius 3 is 2.41 bits per heavy atom. The normalized spacial score (nSPS) is 11.4. The molecule has 0 bridgehead atoms. The van der Waals surface area contributed by atoms with E-state index in [9.17, 15) is 4.79 Å². The van der Waals surface area contributed by atoms with Gasteiger partial charge in [0, 0.05) is 23.1 Å². The summed E-state index contributed by atoms with van der Waals surface area (Å²) in [5.74, 6) is 0.117. The summed E-state index contributed by atoms with van der Waals surface area (Å²) < 4.78 is 5.52. The molecule has 5 nitrogen and oxygen atoms in total. The van der Waals surface area contributed by atoms with Crippen LogP contribution in [0.4, 0.5) is 11.5 Å². The molecule has 3 rings (SSSR count). The molecule has 0 saturated heterocycles. The molecular weight excluding hydrogens is 387 g/mol. The van der Waals surface area contributed by atoms with Crippen LogP contribution in [0.25, 0.3) is 10.8 Å². The van der Waals surface area contributed by atoms with Gasteiger partial charge in [0.05, 0.1) is 0 Å². The Bertz CT molecular complexity index is 1000. The number of fused-ring (bicyclic) bond motifs is 1. The molecule has 0 aliphatic rings. The number of rotatable bonds is 5. The second kappa shape index (κ2) is 7.25. The summed E-state index contributed by atoms with van der Waals surface area (Å²) in [5.41, 5.74) is -0.449. The van der Waals surface area contributed by atoms with Gasteiger partial charge >= 0.3 is 5.97 Å². The van der Waals surface area contributed by atoms with Crippen LogP contribution in [0, 0.1) is 0 Å². The van der Waals surface area contributed by atoms with Crippen molar-refractivity contribution in [2.75, 3.05) is 11.9 Å². The van der Waals surface area contributed by atoms with Crippen molar-refractivity contribution in [3.63, 3.8) is 0 Å². The maximum atomic E-state index is 11.2. The molecule has 0 radical (unpaired) electrons. The summed E-state index contributed by atoms with van der Waals surface area (Å²) in [6, 6.07) is 14.5. The predicted molar refractivity (Wildman–Crippen MR) is 109 cm³/mol. The van der Waals surface area contributed by atoms with Crippen LogP contribution in [-0.2, 0) is 4.79 Å². The number of hydrogen-bond acceptors (Lipinski definition) is 4. The molecule has 1 N–H and O–H groups in total. The van der Waals surface area contributed by atoms with Crippen molar-refractivity contribution in [1.82, 2.24) is 4.98 Å². The number of anilines is 2. The average molecular weight is 405 g/mol. The van der Waals surface area contributed by atoms with E-state index < -0.39 is 11.6 Å². The van der Waals surface area contributed by atoms with Gasteiger partial charge in [-0.3, -0.25) is 0 Å². The van der Waals surface area contributed by atoms with Gasteiger partial charge in [-0.05, 0) is 61.7 Å². The largest absolute Gasteiger partial charge is 0.478 e. The topological polar surface area (TPSA) is 62.7 Å². The molecule has 0 atom stereocenters. The monoisotopic (exact) mass is 404 g/mol. The first-order chi connectivity index (χ1) is 12.7. The Labute approximate surface area is 167 Å². The molecule has 0 spiro atoms. The lowest BCUT2D eigenvalue weighted by atomic mass is 10.1. The highest BCUT2D eigenvalue weighted by Crippen LogP contribution is 2.32. The molecule has 0 amide bonds. The Hall–Kier alpha value is -2.50. The van der Waals surface area contributed by atoms with E-state index in [4.69, 9.17) is 33.0 Å². The van der Waals surface area contributed by atoms with Crippen LogP contribution in [0.5, 0.6) is 5.75 Å². The number of hydrogen-bond donors (Lipinski definition) is 1. The van der Waals surface area contributed by atoms with Gasteiger partial charge in [-0.15, -0.1) is 0 Å². The molecule has 0 fully saturated rings. The fourth-order valence-electron chi connectivity index (χ4n) is 2.55. The highest BCUT2D eigenvalue weighted by atomic mass is 35.5. The first kappa shape index (κ1) is 19.3. The van der Waals surface area contributed by atoms with Gasteiger partial charge in [-0.2, -0.15) is 0 Å². The molecule has 0 saturated carbocycles. The third-order valence-corrected chi connectivity index (χ3v) is 4.71. The molecule has 2 aromatic carbocycles. The van der Waals surface area contributed by atoms with Crippen LogP contribution >= 0.6 is 23.2 Å². The number of carboxylic acids is 1. The lowest BCUT2D eigenvalue weighted by Crippen LogP contribution is -2.37. The smallest absolute Gasteiger partial charge is 0.347 e. The number of halogens is 2. The number of aliphatic carboxylic acids is 1. The highest BCUT2D eigenvalue weighted by molar-refractivity contribution is 6.36. The lowest BCUT2D eigenvalue weighted by Gasteiger charge is -2.23. The maximum absolute atomic E-state index is 11.2. The number of benzene rings is 2. The first-order valence-electron chi connectivity index (χ1n) is 8.19. The Balaban J connectivity index is 1.88. The van der Waals surface area contributed by atoms with E-state index in [0.29, 0.717) is 21.7 Å². The summed E-state index contributed by atoms with van der Waals surface area (Å²) in [6.07, 6.45) is 0. The summed E-state index contributed by atoms with van der Waals surface area (Å²) in [6.45, 7) is 3.01. The zero-order chi connectivity index (χ0) is 19.8. The van der Waals surface area contributed by atoms with E-state index in [0.717, 1.165) is 16.5 Å². The van der Waals surface area contributed by atoms with Crippen molar-refractivity contribution in [1.29, 1.82) is 0 Å². The highest BCUT2D eigenvalue weighted by Gasteiger charge is 2.29. The van der Waals surface area contributed by atoms with Crippen LogP contribution in [0.3, 0.4) is 0 Å². The van der Waals surface area contributed by atoms with E-state index >= 15 is 0 Å². The van der Waals surface area contributed by atoms with E-state index in [-0.39, 0.29) is 0 Å². The number of aromatic nitrogens is 1. The molecule has 0 aliphatic carbocycles. The van der Waals surface area contributed by atoms with Gasteiger partial charge in [-0.1, -0.05) is 29.3 Å². The van der Waals surface area contributed by atoms with Crippen LogP contribution < -0.4 is 9.64 Å². The van der Waals surface area contributed by atoms with Crippen molar-refractivity contribution in [2.24, 2.45) is 0 Å². The molecule has 27 heavy (non-hydrogen) atoms. The van der Waals surface area contributed by atoms with Gasteiger partial charge < -0.3 is 14.7 Å². The second-order valence-electron chi connectivity index (χ2n) is 6.61. The number of ether oxygens (including phenoxy) is 1. The van der Waals surface area contributed by atoms with Crippen molar-refractivity contribution < 1.29 is 14.6 Å². The first-order valence-corrected chi connectivity index (χ1v) is 8.95. The van der Waals surface area contributed by atoms with Crippen molar-refractivity contribution in [2.45, 2.75) is 19.4 Å². The van der Waals surface area contributed by atoms with Crippen LogP contribution in [0.1, 0.15) is 13.8 Å². The van der Waals surface area contributed by atoms with Gasteiger partial charge in [0.2, 0.25) is 0 Å². The number of pyridine rings is 1. The van der Waals surface area contributed by atoms with E-state index in [1.54, 1.807) is 24.3 Å². The number of carboxylic acid groups (broad SMARTS) is 1. The van der Waals surface area contributed by atoms with Gasteiger partial charge in [0.15, 0.2) is 5.60 Å². The molecule has 3 aromatic rings. The van der Waals surface area contributed by atoms with Crippen molar-refractivity contribution >= 4 is 51.4 Å². The molecule has 1 aromatic heterocycles. The third kappa shape index (κ3) is 4.10. The van der Waals surface area contributed by atoms with Crippen LogP contribution in [0.15, 0.2) is 48.5 Å². The molecule has 0 unspecified atom stereocenters. The maximum Gasteiger partial charge on any atom is 0.347 e. The lowest BCUT2D eigenvalue weighted by molar-refractivity contribution is -0.152. The minimum absolute atomic E-state index is 0.375.